The predicted octanol–water partition coefficient (Wildman–Crippen LogP) is 2.61. The summed E-state index contributed by atoms with van der Waals surface area (Å²) in [5.74, 6) is -2.21. The van der Waals surface area contributed by atoms with Crippen LogP contribution in [-0.4, -0.2) is 26.9 Å². The maximum absolute atomic E-state index is 12.1. The van der Waals surface area contributed by atoms with Gasteiger partial charge in [0.1, 0.15) is 11.8 Å². The Morgan fingerprint density at radius 3 is 2.62 bits per heavy atom. The number of nitrogens with zero attached hydrogens (tertiary/aromatic N) is 2. The highest BCUT2D eigenvalue weighted by Crippen LogP contribution is 2.24. The van der Waals surface area contributed by atoms with Crippen molar-refractivity contribution in [1.82, 2.24) is 4.98 Å². The van der Waals surface area contributed by atoms with Crippen LogP contribution in [0.4, 0.5) is 0 Å². The van der Waals surface area contributed by atoms with E-state index in [0.29, 0.717) is 12.1 Å². The molecule has 0 radical (unpaired) electrons. The standard InChI is InChI=1S/C18H16N2O4/c1-11-3-2-4-12(7-11)8-14-9-13(10-19)18(24)17(20-14)15(21)5-6-16(22)23/h2-4,7,9,24H,5-6,8H2,1H3,(H,22,23). The number of nitriles is 1. The number of aromatic hydroxyl groups is 1. The van der Waals surface area contributed by atoms with Gasteiger partial charge in [-0.1, -0.05) is 29.8 Å². The van der Waals surface area contributed by atoms with E-state index in [1.165, 1.54) is 6.07 Å². The molecule has 0 amide bonds. The van der Waals surface area contributed by atoms with E-state index in [9.17, 15) is 14.7 Å². The first-order chi connectivity index (χ1) is 11.4. The van der Waals surface area contributed by atoms with Crippen molar-refractivity contribution >= 4 is 11.8 Å². The minimum atomic E-state index is -1.11. The van der Waals surface area contributed by atoms with E-state index in [0.717, 1.165) is 11.1 Å². The zero-order chi connectivity index (χ0) is 17.7. The number of carbonyl (C=O) groups is 2. The fourth-order valence-electron chi connectivity index (χ4n) is 2.33. The van der Waals surface area contributed by atoms with Crippen molar-refractivity contribution in [2.75, 3.05) is 0 Å². The van der Waals surface area contributed by atoms with Crippen molar-refractivity contribution in [3.63, 3.8) is 0 Å². The normalized spacial score (nSPS) is 10.2. The molecule has 6 nitrogen and oxygen atoms in total. The van der Waals surface area contributed by atoms with Gasteiger partial charge in [-0.2, -0.15) is 5.26 Å². The molecule has 0 saturated carbocycles. The topological polar surface area (TPSA) is 111 Å². The van der Waals surface area contributed by atoms with Crippen molar-refractivity contribution < 1.29 is 19.8 Å². The van der Waals surface area contributed by atoms with Gasteiger partial charge in [-0.05, 0) is 18.6 Å². The Morgan fingerprint density at radius 1 is 1.25 bits per heavy atom. The molecule has 0 saturated heterocycles. The molecule has 1 aromatic carbocycles. The number of ketones is 1. The van der Waals surface area contributed by atoms with E-state index < -0.39 is 17.5 Å². The van der Waals surface area contributed by atoms with Crippen molar-refractivity contribution in [3.05, 3.63) is 58.4 Å². The van der Waals surface area contributed by atoms with Crippen LogP contribution < -0.4 is 0 Å². The van der Waals surface area contributed by atoms with E-state index in [1.807, 2.05) is 37.3 Å². The van der Waals surface area contributed by atoms with E-state index >= 15 is 0 Å². The molecule has 1 aromatic heterocycles. The third-order valence-corrected chi connectivity index (χ3v) is 3.46. The Bertz CT molecular complexity index is 837. The first-order valence-corrected chi connectivity index (χ1v) is 7.34. The fraction of sp³-hybridized carbons (Fsp3) is 0.222. The number of pyridine rings is 1. The van der Waals surface area contributed by atoms with E-state index in [-0.39, 0.29) is 24.1 Å². The molecule has 0 aliphatic heterocycles. The SMILES string of the molecule is Cc1cccc(Cc2cc(C#N)c(O)c(C(=O)CCC(=O)O)n2)c1. The molecule has 2 N–H and O–H groups in total. The van der Waals surface area contributed by atoms with Crippen molar-refractivity contribution in [1.29, 1.82) is 5.26 Å². The quantitative estimate of drug-likeness (QED) is 0.790. The minimum Gasteiger partial charge on any atom is -0.504 e. The predicted molar refractivity (Wildman–Crippen MR) is 85.8 cm³/mol. The molecular weight excluding hydrogens is 308 g/mol. The lowest BCUT2D eigenvalue weighted by molar-refractivity contribution is -0.136. The molecule has 0 unspecified atom stereocenters. The smallest absolute Gasteiger partial charge is 0.303 e. The number of hydrogen-bond donors (Lipinski definition) is 2. The number of hydrogen-bond acceptors (Lipinski definition) is 5. The molecule has 0 atom stereocenters. The van der Waals surface area contributed by atoms with Gasteiger partial charge in [0.05, 0.1) is 12.0 Å². The third-order valence-electron chi connectivity index (χ3n) is 3.46. The number of carboxylic acid groups (broad SMARTS) is 1. The summed E-state index contributed by atoms with van der Waals surface area (Å²) in [6.45, 7) is 1.95. The molecule has 0 fully saturated rings. The van der Waals surface area contributed by atoms with Gasteiger partial charge in [0.15, 0.2) is 11.5 Å². The Hall–Kier alpha value is -3.20. The molecular formula is C18H16N2O4. The second-order valence-corrected chi connectivity index (χ2v) is 5.45. The monoisotopic (exact) mass is 324 g/mol. The number of aryl methyl sites for hydroxylation is 1. The van der Waals surface area contributed by atoms with Crippen LogP contribution in [0.1, 0.15) is 45.7 Å². The summed E-state index contributed by atoms with van der Waals surface area (Å²) in [6.07, 6.45) is -0.242. The van der Waals surface area contributed by atoms with Gasteiger partial charge in [0.2, 0.25) is 0 Å². The van der Waals surface area contributed by atoms with Crippen molar-refractivity contribution in [2.24, 2.45) is 0 Å². The highest BCUT2D eigenvalue weighted by Gasteiger charge is 2.19. The molecule has 0 aliphatic carbocycles. The number of carboxylic acids is 1. The van der Waals surface area contributed by atoms with Crippen LogP contribution in [0.2, 0.25) is 0 Å². The number of aliphatic carboxylic acids is 1. The summed E-state index contributed by atoms with van der Waals surface area (Å²) < 4.78 is 0. The molecule has 2 rings (SSSR count). The third kappa shape index (κ3) is 4.17. The number of rotatable bonds is 6. The molecule has 0 aliphatic rings. The number of benzene rings is 1. The maximum atomic E-state index is 12.1. The van der Waals surface area contributed by atoms with E-state index in [4.69, 9.17) is 10.4 Å². The van der Waals surface area contributed by atoms with Crippen LogP contribution in [0, 0.1) is 18.3 Å². The summed E-state index contributed by atoms with van der Waals surface area (Å²) in [4.78, 5) is 26.8. The lowest BCUT2D eigenvalue weighted by Gasteiger charge is -2.08. The van der Waals surface area contributed by atoms with Crippen LogP contribution in [0.25, 0.3) is 0 Å². The minimum absolute atomic E-state index is 0.0497. The lowest BCUT2D eigenvalue weighted by Crippen LogP contribution is -2.09. The highest BCUT2D eigenvalue weighted by molar-refractivity contribution is 5.98. The van der Waals surface area contributed by atoms with Crippen LogP contribution in [0.5, 0.6) is 5.75 Å². The maximum Gasteiger partial charge on any atom is 0.303 e. The first kappa shape index (κ1) is 17.2. The average molecular weight is 324 g/mol. The molecule has 6 heteroatoms. The number of carbonyl (C=O) groups excluding carboxylic acids is 1. The van der Waals surface area contributed by atoms with Gasteiger partial charge in [0.25, 0.3) is 0 Å². The van der Waals surface area contributed by atoms with Gasteiger partial charge in [-0.3, -0.25) is 9.59 Å². The second kappa shape index (κ2) is 7.38. The van der Waals surface area contributed by atoms with Crippen LogP contribution in [0.3, 0.4) is 0 Å². The Balaban J connectivity index is 2.36. The number of aromatic nitrogens is 1. The Morgan fingerprint density at radius 2 is 2.00 bits per heavy atom. The molecule has 2 aromatic rings. The van der Waals surface area contributed by atoms with Gasteiger partial charge in [-0.15, -0.1) is 0 Å². The van der Waals surface area contributed by atoms with Crippen LogP contribution in [0.15, 0.2) is 30.3 Å². The number of Topliss-reactive ketones (excluding diaryl/α,β-unsaturated/α-hetero) is 1. The zero-order valence-electron chi connectivity index (χ0n) is 13.1. The molecule has 122 valence electrons. The Kier molecular flexibility index (Phi) is 5.27. The van der Waals surface area contributed by atoms with Crippen LogP contribution >= 0.6 is 0 Å². The van der Waals surface area contributed by atoms with Crippen molar-refractivity contribution in [3.8, 4) is 11.8 Å². The summed E-state index contributed by atoms with van der Waals surface area (Å²) in [7, 11) is 0. The molecule has 0 spiro atoms. The van der Waals surface area contributed by atoms with Gasteiger partial charge >= 0.3 is 5.97 Å². The Labute approximate surface area is 139 Å². The van der Waals surface area contributed by atoms with Gasteiger partial charge < -0.3 is 10.2 Å². The molecule has 1 heterocycles. The summed E-state index contributed by atoms with van der Waals surface area (Å²) in [6, 6.07) is 11.0. The van der Waals surface area contributed by atoms with Crippen molar-refractivity contribution in [2.45, 2.75) is 26.2 Å². The van der Waals surface area contributed by atoms with E-state index in [1.54, 1.807) is 0 Å². The summed E-state index contributed by atoms with van der Waals surface area (Å²) in [5, 5.41) is 27.8. The largest absolute Gasteiger partial charge is 0.504 e. The van der Waals surface area contributed by atoms with E-state index in [2.05, 4.69) is 4.98 Å². The first-order valence-electron chi connectivity index (χ1n) is 7.34. The second-order valence-electron chi connectivity index (χ2n) is 5.45. The molecule has 24 heavy (non-hydrogen) atoms. The van der Waals surface area contributed by atoms with Crippen LogP contribution in [-0.2, 0) is 11.2 Å². The summed E-state index contributed by atoms with van der Waals surface area (Å²) >= 11 is 0. The average Bonchev–Trinajstić information content (AvgIpc) is 2.54. The summed E-state index contributed by atoms with van der Waals surface area (Å²) in [5.41, 5.74) is 2.20. The fourth-order valence-corrected chi connectivity index (χ4v) is 2.33. The lowest BCUT2D eigenvalue weighted by atomic mass is 10.0. The molecule has 0 bridgehead atoms. The highest BCUT2D eigenvalue weighted by atomic mass is 16.4. The zero-order valence-corrected chi connectivity index (χ0v) is 13.1. The van der Waals surface area contributed by atoms with Gasteiger partial charge in [0, 0.05) is 18.5 Å². The van der Waals surface area contributed by atoms with Gasteiger partial charge in [-0.25, -0.2) is 4.98 Å².